The molecule has 182 valence electrons. The van der Waals surface area contributed by atoms with Crippen LogP contribution in [-0.4, -0.2) is 72.3 Å². The molecule has 2 aromatic carbocycles. The van der Waals surface area contributed by atoms with E-state index >= 15 is 0 Å². The number of aryl methyl sites for hydroxylation is 1. The molecular weight excluding hydrogens is 433 g/mol. The summed E-state index contributed by atoms with van der Waals surface area (Å²) >= 11 is 0. The largest absolute Gasteiger partial charge is 0.493 e. The van der Waals surface area contributed by atoms with Gasteiger partial charge in [0.1, 0.15) is 18.0 Å². The third-order valence-electron chi connectivity index (χ3n) is 6.35. The predicted octanol–water partition coefficient (Wildman–Crippen LogP) is 4.62. The van der Waals surface area contributed by atoms with Crippen LogP contribution in [0.3, 0.4) is 0 Å². The number of rotatable bonds is 9. The van der Waals surface area contributed by atoms with Gasteiger partial charge < -0.3 is 19.7 Å². The van der Waals surface area contributed by atoms with Crippen LogP contribution in [0.5, 0.6) is 11.5 Å². The second-order valence-corrected chi connectivity index (χ2v) is 9.00. The number of nitrogens with one attached hydrogen (secondary N) is 1. The van der Waals surface area contributed by atoms with E-state index < -0.39 is 0 Å². The third kappa shape index (κ3) is 5.74. The lowest BCUT2D eigenvalue weighted by atomic mass is 10.2. The van der Waals surface area contributed by atoms with E-state index in [9.17, 15) is 4.39 Å². The first-order valence-corrected chi connectivity index (χ1v) is 11.9. The smallest absolute Gasteiger partial charge is 0.162 e. The van der Waals surface area contributed by atoms with Gasteiger partial charge in [0.15, 0.2) is 11.5 Å². The minimum absolute atomic E-state index is 0.236. The average Bonchev–Trinajstić information content (AvgIpc) is 2.84. The molecule has 34 heavy (non-hydrogen) atoms. The number of ether oxygens (including phenoxy) is 2. The number of anilines is 2. The Morgan fingerprint density at radius 1 is 1.06 bits per heavy atom. The van der Waals surface area contributed by atoms with E-state index in [0.717, 1.165) is 55.7 Å². The first-order valence-electron chi connectivity index (χ1n) is 11.9. The van der Waals surface area contributed by atoms with Crippen LogP contribution in [-0.2, 0) is 0 Å². The highest BCUT2D eigenvalue weighted by atomic mass is 19.1. The maximum atomic E-state index is 13.7. The first kappa shape index (κ1) is 24.2. The second-order valence-electron chi connectivity index (χ2n) is 9.00. The Bertz CT molecular complexity index is 1120. The van der Waals surface area contributed by atoms with Gasteiger partial charge in [0, 0.05) is 55.9 Å². The Kier molecular flexibility index (Phi) is 7.80. The molecule has 1 aliphatic heterocycles. The molecule has 2 heterocycles. The maximum Gasteiger partial charge on any atom is 0.162 e. The van der Waals surface area contributed by atoms with Crippen molar-refractivity contribution in [3.63, 3.8) is 0 Å². The first-order chi connectivity index (χ1) is 16.4. The fraction of sp³-hybridized carbons (Fsp3) is 0.462. The topological polar surface area (TPSA) is 62.8 Å². The number of piperazine rings is 1. The molecule has 0 atom stereocenters. The van der Waals surface area contributed by atoms with E-state index in [1.807, 2.05) is 12.1 Å². The zero-order chi connectivity index (χ0) is 24.1. The average molecular weight is 468 g/mol. The summed E-state index contributed by atoms with van der Waals surface area (Å²) in [5, 5.41) is 4.09. The van der Waals surface area contributed by atoms with Crippen LogP contribution >= 0.6 is 0 Å². The summed E-state index contributed by atoms with van der Waals surface area (Å²) in [5.41, 5.74) is 2.07. The summed E-state index contributed by atoms with van der Waals surface area (Å²) in [4.78, 5) is 13.8. The molecule has 3 aromatic rings. The van der Waals surface area contributed by atoms with Gasteiger partial charge in [0.2, 0.25) is 0 Å². The fourth-order valence-corrected chi connectivity index (χ4v) is 4.27. The number of halogens is 1. The van der Waals surface area contributed by atoms with E-state index in [1.54, 1.807) is 26.2 Å². The molecule has 1 aromatic heterocycles. The Morgan fingerprint density at radius 3 is 2.56 bits per heavy atom. The molecule has 4 rings (SSSR count). The van der Waals surface area contributed by atoms with Gasteiger partial charge in [-0.3, -0.25) is 4.90 Å². The van der Waals surface area contributed by atoms with E-state index in [4.69, 9.17) is 9.47 Å². The number of nitrogens with zero attached hydrogens (tertiary/aromatic N) is 4. The molecule has 0 spiro atoms. The highest BCUT2D eigenvalue weighted by Gasteiger charge is 2.18. The predicted molar refractivity (Wildman–Crippen MR) is 134 cm³/mol. The van der Waals surface area contributed by atoms with Gasteiger partial charge >= 0.3 is 0 Å². The van der Waals surface area contributed by atoms with Crippen LogP contribution in [0.1, 0.15) is 25.8 Å². The van der Waals surface area contributed by atoms with Crippen molar-refractivity contribution < 1.29 is 13.9 Å². The van der Waals surface area contributed by atoms with Gasteiger partial charge in [-0.2, -0.15) is 0 Å². The third-order valence-corrected chi connectivity index (χ3v) is 6.35. The zero-order valence-electron chi connectivity index (χ0n) is 20.5. The molecule has 1 fully saturated rings. The van der Waals surface area contributed by atoms with Crippen LogP contribution in [0.25, 0.3) is 10.9 Å². The Hall–Kier alpha value is -2.97. The normalized spacial score (nSPS) is 15.1. The minimum Gasteiger partial charge on any atom is -0.493 e. The van der Waals surface area contributed by atoms with Gasteiger partial charge in [-0.25, -0.2) is 14.4 Å². The summed E-state index contributed by atoms with van der Waals surface area (Å²) in [6.07, 6.45) is 2.44. The van der Waals surface area contributed by atoms with Crippen molar-refractivity contribution in [3.05, 3.63) is 48.0 Å². The fourth-order valence-electron chi connectivity index (χ4n) is 4.27. The maximum absolute atomic E-state index is 13.7. The van der Waals surface area contributed by atoms with Gasteiger partial charge in [-0.15, -0.1) is 0 Å². The molecule has 1 aliphatic rings. The van der Waals surface area contributed by atoms with Gasteiger partial charge in [-0.1, -0.05) is 0 Å². The molecule has 0 unspecified atom stereocenters. The molecule has 1 N–H and O–H groups in total. The molecule has 0 saturated carbocycles. The van der Waals surface area contributed by atoms with Crippen LogP contribution in [0.4, 0.5) is 15.9 Å². The van der Waals surface area contributed by atoms with E-state index in [0.29, 0.717) is 35.5 Å². The van der Waals surface area contributed by atoms with E-state index in [-0.39, 0.29) is 5.82 Å². The Labute approximate surface area is 200 Å². The van der Waals surface area contributed by atoms with E-state index in [2.05, 4.69) is 38.9 Å². The molecule has 7 nitrogen and oxygen atoms in total. The van der Waals surface area contributed by atoms with E-state index in [1.165, 1.54) is 12.4 Å². The summed E-state index contributed by atoms with van der Waals surface area (Å²) in [6, 6.07) is 9.28. The standard InChI is InChI=1S/C26H34FN5O2/c1-18(2)32-11-9-31(10-12-32)8-5-13-34-25-15-21-23(16-24(25)33-4)28-17-29-26(21)30-20-6-7-22(27)19(3)14-20/h6-7,14-18H,5,8-13H2,1-4H3,(H,28,29,30). The van der Waals surface area contributed by atoms with Crippen molar-refractivity contribution in [1.82, 2.24) is 19.8 Å². The number of fused-ring (bicyclic) bond motifs is 1. The number of benzene rings is 2. The molecule has 0 radical (unpaired) electrons. The van der Waals surface area contributed by atoms with Crippen LogP contribution < -0.4 is 14.8 Å². The van der Waals surface area contributed by atoms with Crippen molar-refractivity contribution in [3.8, 4) is 11.5 Å². The Balaban J connectivity index is 1.42. The zero-order valence-corrected chi connectivity index (χ0v) is 20.5. The Morgan fingerprint density at radius 2 is 1.85 bits per heavy atom. The molecule has 1 saturated heterocycles. The molecule has 0 amide bonds. The quantitative estimate of drug-likeness (QED) is 0.461. The number of aromatic nitrogens is 2. The van der Waals surface area contributed by atoms with Crippen molar-refractivity contribution >= 4 is 22.4 Å². The van der Waals surface area contributed by atoms with Crippen LogP contribution in [0.2, 0.25) is 0 Å². The number of hydrogen-bond donors (Lipinski definition) is 1. The van der Waals surface area contributed by atoms with Crippen LogP contribution in [0.15, 0.2) is 36.7 Å². The van der Waals surface area contributed by atoms with Crippen LogP contribution in [0, 0.1) is 12.7 Å². The monoisotopic (exact) mass is 467 g/mol. The van der Waals surface area contributed by atoms with Gasteiger partial charge in [0.05, 0.1) is 19.2 Å². The molecule has 0 bridgehead atoms. The van der Waals surface area contributed by atoms with Crippen molar-refractivity contribution in [2.45, 2.75) is 33.2 Å². The second kappa shape index (κ2) is 11.0. The summed E-state index contributed by atoms with van der Waals surface area (Å²) in [6.45, 7) is 12.3. The van der Waals surface area contributed by atoms with Gasteiger partial charge in [0.25, 0.3) is 0 Å². The summed E-state index contributed by atoms with van der Waals surface area (Å²) in [5.74, 6) is 1.69. The molecular formula is C26H34FN5O2. The van der Waals surface area contributed by atoms with Gasteiger partial charge in [-0.05, 0) is 57.0 Å². The summed E-state index contributed by atoms with van der Waals surface area (Å²) < 4.78 is 25.3. The molecule has 8 heteroatoms. The highest BCUT2D eigenvalue weighted by Crippen LogP contribution is 2.35. The lowest BCUT2D eigenvalue weighted by Gasteiger charge is -2.36. The summed E-state index contributed by atoms with van der Waals surface area (Å²) in [7, 11) is 1.63. The lowest BCUT2D eigenvalue weighted by Crippen LogP contribution is -2.49. The SMILES string of the molecule is COc1cc2ncnc(Nc3ccc(F)c(C)c3)c2cc1OCCCN1CCN(C(C)C)CC1. The van der Waals surface area contributed by atoms with Crippen molar-refractivity contribution in [2.24, 2.45) is 0 Å². The molecule has 0 aliphatic carbocycles. The van der Waals surface area contributed by atoms with Crippen molar-refractivity contribution in [1.29, 1.82) is 0 Å². The minimum atomic E-state index is -0.236. The lowest BCUT2D eigenvalue weighted by molar-refractivity contribution is 0.104. The number of hydrogen-bond acceptors (Lipinski definition) is 7. The van der Waals surface area contributed by atoms with Crippen molar-refractivity contribution in [2.75, 3.05) is 51.8 Å². The number of methoxy groups -OCH3 is 1. The highest BCUT2D eigenvalue weighted by molar-refractivity contribution is 5.93.